The molecule has 4 rings (SSSR count). The number of aromatic amines is 1. The minimum atomic E-state index is -0.271. The maximum absolute atomic E-state index is 13.0. The molecule has 1 saturated heterocycles. The van der Waals surface area contributed by atoms with Crippen LogP contribution in [0.15, 0.2) is 41.3 Å². The van der Waals surface area contributed by atoms with Crippen LogP contribution in [0.5, 0.6) is 0 Å². The number of hydrogen-bond donors (Lipinski definition) is 2. The van der Waals surface area contributed by atoms with Crippen LogP contribution < -0.4 is 11.0 Å². The summed E-state index contributed by atoms with van der Waals surface area (Å²) in [7, 11) is 0. The van der Waals surface area contributed by atoms with Crippen molar-refractivity contribution in [3.8, 4) is 11.1 Å². The minimum absolute atomic E-state index is 0.146. The van der Waals surface area contributed by atoms with Gasteiger partial charge in [-0.15, -0.1) is 0 Å². The van der Waals surface area contributed by atoms with Crippen molar-refractivity contribution in [2.75, 3.05) is 6.54 Å². The van der Waals surface area contributed by atoms with E-state index in [0.717, 1.165) is 29.6 Å². The molecule has 2 N–H and O–H groups in total. The zero-order chi connectivity index (χ0) is 15.1. The Morgan fingerprint density at radius 3 is 2.73 bits per heavy atom. The molecule has 3 heterocycles. The van der Waals surface area contributed by atoms with Gasteiger partial charge in [-0.3, -0.25) is 9.55 Å². The topological polar surface area (TPSA) is 62.7 Å². The van der Waals surface area contributed by atoms with Crippen LogP contribution in [0.2, 0.25) is 0 Å². The first-order valence-corrected chi connectivity index (χ1v) is 7.28. The van der Waals surface area contributed by atoms with Gasteiger partial charge < -0.3 is 5.32 Å². The van der Waals surface area contributed by atoms with E-state index in [1.807, 2.05) is 6.07 Å². The maximum Gasteiger partial charge on any atom is 0.327 e. The predicted octanol–water partition coefficient (Wildman–Crippen LogP) is 1.89. The summed E-state index contributed by atoms with van der Waals surface area (Å²) in [5.41, 5.74) is 2.95. The monoisotopic (exact) mass is 298 g/mol. The van der Waals surface area contributed by atoms with Gasteiger partial charge in [0.15, 0.2) is 5.65 Å². The van der Waals surface area contributed by atoms with Gasteiger partial charge in [-0.05, 0) is 36.7 Å². The molecule has 1 aliphatic heterocycles. The molecule has 0 radical (unpaired) electrons. The maximum atomic E-state index is 13.0. The summed E-state index contributed by atoms with van der Waals surface area (Å²) in [5.74, 6) is -0.271. The molecule has 0 amide bonds. The zero-order valence-electron chi connectivity index (χ0n) is 11.8. The van der Waals surface area contributed by atoms with Crippen molar-refractivity contribution >= 4 is 11.2 Å². The number of imidazole rings is 1. The number of hydrogen-bond acceptors (Lipinski definition) is 3. The van der Waals surface area contributed by atoms with Crippen molar-refractivity contribution in [1.29, 1.82) is 0 Å². The molecule has 1 aromatic carbocycles. The third kappa shape index (κ3) is 2.21. The minimum Gasteiger partial charge on any atom is -0.312 e. The van der Waals surface area contributed by atoms with E-state index in [1.165, 1.54) is 12.1 Å². The smallest absolute Gasteiger partial charge is 0.312 e. The SMILES string of the molecule is O=c1[nH]c2ncc(-c3ccc(F)cc3)cc2n1CC1CCN1. The molecular weight excluding hydrogens is 283 g/mol. The summed E-state index contributed by atoms with van der Waals surface area (Å²) >= 11 is 0. The van der Waals surface area contributed by atoms with Crippen molar-refractivity contribution in [3.05, 3.63) is 52.8 Å². The lowest BCUT2D eigenvalue weighted by atomic mass is 10.1. The summed E-state index contributed by atoms with van der Waals surface area (Å²) in [6.07, 6.45) is 2.77. The quantitative estimate of drug-likeness (QED) is 0.776. The number of pyridine rings is 1. The number of aromatic nitrogens is 3. The Balaban J connectivity index is 1.79. The fourth-order valence-corrected chi connectivity index (χ4v) is 2.74. The second-order valence-corrected chi connectivity index (χ2v) is 5.58. The van der Waals surface area contributed by atoms with Crippen molar-refractivity contribution in [2.45, 2.75) is 19.0 Å². The highest BCUT2D eigenvalue weighted by Crippen LogP contribution is 2.22. The molecule has 0 aliphatic carbocycles. The first kappa shape index (κ1) is 13.2. The molecule has 112 valence electrons. The number of nitrogens with zero attached hydrogens (tertiary/aromatic N) is 2. The Kier molecular flexibility index (Phi) is 3.04. The molecule has 1 unspecified atom stereocenters. The van der Waals surface area contributed by atoms with E-state index in [0.29, 0.717) is 18.2 Å². The zero-order valence-corrected chi connectivity index (χ0v) is 11.8. The highest BCUT2D eigenvalue weighted by molar-refractivity contribution is 5.78. The van der Waals surface area contributed by atoms with Crippen LogP contribution in [-0.2, 0) is 6.54 Å². The molecule has 1 aliphatic rings. The van der Waals surface area contributed by atoms with Gasteiger partial charge >= 0.3 is 5.69 Å². The van der Waals surface area contributed by atoms with Gasteiger partial charge in [-0.2, -0.15) is 0 Å². The third-order valence-electron chi connectivity index (χ3n) is 4.14. The first-order chi connectivity index (χ1) is 10.7. The van der Waals surface area contributed by atoms with Crippen LogP contribution in [0.4, 0.5) is 4.39 Å². The largest absolute Gasteiger partial charge is 0.327 e. The Hall–Kier alpha value is -2.47. The van der Waals surface area contributed by atoms with Crippen LogP contribution in [0, 0.1) is 5.82 Å². The number of halogens is 1. The predicted molar refractivity (Wildman–Crippen MR) is 82.2 cm³/mol. The summed E-state index contributed by atoms with van der Waals surface area (Å²) < 4.78 is 14.8. The lowest BCUT2D eigenvalue weighted by Gasteiger charge is -2.27. The third-order valence-corrected chi connectivity index (χ3v) is 4.14. The Morgan fingerprint density at radius 2 is 2.05 bits per heavy atom. The van der Waals surface area contributed by atoms with E-state index in [-0.39, 0.29) is 11.5 Å². The van der Waals surface area contributed by atoms with Gasteiger partial charge in [0.05, 0.1) is 5.52 Å². The molecule has 5 nitrogen and oxygen atoms in total. The van der Waals surface area contributed by atoms with E-state index in [2.05, 4.69) is 15.3 Å². The summed E-state index contributed by atoms with van der Waals surface area (Å²) in [5, 5.41) is 3.29. The van der Waals surface area contributed by atoms with Gasteiger partial charge in [0, 0.05) is 24.3 Å². The Morgan fingerprint density at radius 1 is 1.27 bits per heavy atom. The molecule has 6 heteroatoms. The number of fused-ring (bicyclic) bond motifs is 1. The molecule has 1 atom stereocenters. The van der Waals surface area contributed by atoms with Crippen molar-refractivity contribution in [3.63, 3.8) is 0 Å². The standard InChI is InChI=1S/C16H15FN4O/c17-12-3-1-10(2-4-12)11-7-14-15(19-8-11)20-16(22)21(14)9-13-5-6-18-13/h1-4,7-8,13,18H,5-6,9H2,(H,19,20,22). The van der Waals surface area contributed by atoms with Gasteiger partial charge in [0.1, 0.15) is 5.82 Å². The normalized spacial score (nSPS) is 17.6. The Labute approximate surface area is 125 Å². The summed E-state index contributed by atoms with van der Waals surface area (Å²) in [4.78, 5) is 19.2. The highest BCUT2D eigenvalue weighted by Gasteiger charge is 2.19. The van der Waals surface area contributed by atoms with E-state index in [9.17, 15) is 9.18 Å². The van der Waals surface area contributed by atoms with Gasteiger partial charge in [0.25, 0.3) is 0 Å². The molecule has 3 aromatic rings. The number of benzene rings is 1. The van der Waals surface area contributed by atoms with E-state index >= 15 is 0 Å². The van der Waals surface area contributed by atoms with Crippen LogP contribution in [-0.4, -0.2) is 27.1 Å². The molecular formula is C16H15FN4O. The van der Waals surface area contributed by atoms with Gasteiger partial charge in [0.2, 0.25) is 0 Å². The van der Waals surface area contributed by atoms with Crippen molar-refractivity contribution < 1.29 is 4.39 Å². The van der Waals surface area contributed by atoms with Crippen molar-refractivity contribution in [1.82, 2.24) is 19.9 Å². The first-order valence-electron chi connectivity index (χ1n) is 7.28. The highest BCUT2D eigenvalue weighted by atomic mass is 19.1. The lowest BCUT2D eigenvalue weighted by molar-refractivity contribution is 0.331. The van der Waals surface area contributed by atoms with E-state index in [1.54, 1.807) is 22.9 Å². The van der Waals surface area contributed by atoms with E-state index in [4.69, 9.17) is 0 Å². The van der Waals surface area contributed by atoms with E-state index < -0.39 is 0 Å². The summed E-state index contributed by atoms with van der Waals surface area (Å²) in [6, 6.07) is 8.52. The average Bonchev–Trinajstić information content (AvgIpc) is 2.78. The second-order valence-electron chi connectivity index (χ2n) is 5.58. The van der Waals surface area contributed by atoms with Gasteiger partial charge in [-0.25, -0.2) is 14.2 Å². The van der Waals surface area contributed by atoms with Crippen LogP contribution in [0.25, 0.3) is 22.3 Å². The number of rotatable bonds is 3. The number of H-pyrrole nitrogens is 1. The van der Waals surface area contributed by atoms with Gasteiger partial charge in [-0.1, -0.05) is 12.1 Å². The molecule has 0 saturated carbocycles. The molecule has 1 fully saturated rings. The lowest BCUT2D eigenvalue weighted by Crippen LogP contribution is -2.46. The van der Waals surface area contributed by atoms with Crippen LogP contribution >= 0.6 is 0 Å². The Bertz CT molecular complexity index is 877. The fourth-order valence-electron chi connectivity index (χ4n) is 2.74. The fraction of sp³-hybridized carbons (Fsp3) is 0.250. The molecule has 22 heavy (non-hydrogen) atoms. The molecule has 2 aromatic heterocycles. The van der Waals surface area contributed by atoms with Crippen molar-refractivity contribution in [2.24, 2.45) is 0 Å². The number of nitrogens with one attached hydrogen (secondary N) is 2. The van der Waals surface area contributed by atoms with Crippen LogP contribution in [0.3, 0.4) is 0 Å². The average molecular weight is 298 g/mol. The van der Waals surface area contributed by atoms with Crippen LogP contribution in [0.1, 0.15) is 6.42 Å². The summed E-state index contributed by atoms with van der Waals surface area (Å²) in [6.45, 7) is 1.63. The molecule has 0 spiro atoms. The second kappa shape index (κ2) is 5.06. The molecule has 0 bridgehead atoms.